The molecule has 3 rings (SSSR count). The molecule has 0 aliphatic carbocycles. The van der Waals surface area contributed by atoms with Crippen LogP contribution >= 0.6 is 22.9 Å². The minimum Gasteiger partial charge on any atom is -0.296 e. The maximum Gasteiger partial charge on any atom is 0.276 e. The highest BCUT2D eigenvalue weighted by Gasteiger charge is 2.11. The molecule has 0 saturated heterocycles. The highest BCUT2D eigenvalue weighted by Crippen LogP contribution is 2.24. The molecule has 0 fully saturated rings. The predicted octanol–water partition coefficient (Wildman–Crippen LogP) is 4.34. The summed E-state index contributed by atoms with van der Waals surface area (Å²) >= 11 is 7.60. The molecule has 0 aliphatic rings. The van der Waals surface area contributed by atoms with Crippen LogP contribution < -0.4 is 5.32 Å². The van der Waals surface area contributed by atoms with E-state index in [1.165, 1.54) is 11.3 Å². The van der Waals surface area contributed by atoms with Crippen LogP contribution in [0.5, 0.6) is 0 Å². The first-order valence-electron chi connectivity index (χ1n) is 7.05. The second-order valence-corrected chi connectivity index (χ2v) is 6.54. The third kappa shape index (κ3) is 3.94. The first kappa shape index (κ1) is 15.6. The van der Waals surface area contributed by atoms with E-state index in [0.29, 0.717) is 17.2 Å². The largest absolute Gasteiger partial charge is 0.296 e. The number of nitrogens with zero attached hydrogens (tertiary/aromatic N) is 2. The van der Waals surface area contributed by atoms with Crippen molar-refractivity contribution in [2.75, 3.05) is 5.32 Å². The molecule has 23 heavy (non-hydrogen) atoms. The van der Waals surface area contributed by atoms with E-state index in [1.807, 2.05) is 43.3 Å². The zero-order chi connectivity index (χ0) is 16.2. The zero-order valence-electron chi connectivity index (χ0n) is 12.4. The van der Waals surface area contributed by atoms with Crippen LogP contribution in [0.3, 0.4) is 0 Å². The summed E-state index contributed by atoms with van der Waals surface area (Å²) in [7, 11) is 0. The van der Waals surface area contributed by atoms with Crippen LogP contribution in [0.15, 0.2) is 48.7 Å². The zero-order valence-corrected chi connectivity index (χ0v) is 14.0. The van der Waals surface area contributed by atoms with E-state index in [2.05, 4.69) is 15.3 Å². The Labute approximate surface area is 143 Å². The molecule has 2 heterocycles. The van der Waals surface area contributed by atoms with Crippen molar-refractivity contribution in [2.45, 2.75) is 13.3 Å². The summed E-state index contributed by atoms with van der Waals surface area (Å²) in [6.45, 7) is 1.85. The van der Waals surface area contributed by atoms with Gasteiger partial charge in [0.1, 0.15) is 5.69 Å². The highest BCUT2D eigenvalue weighted by atomic mass is 35.5. The van der Waals surface area contributed by atoms with E-state index in [-0.39, 0.29) is 5.91 Å². The van der Waals surface area contributed by atoms with Gasteiger partial charge in [-0.2, -0.15) is 0 Å². The lowest BCUT2D eigenvalue weighted by molar-refractivity contribution is 0.102. The fraction of sp³-hybridized carbons (Fsp3) is 0.118. The molecule has 0 saturated carbocycles. The Morgan fingerprint density at radius 1 is 1.22 bits per heavy atom. The number of amides is 1. The topological polar surface area (TPSA) is 54.9 Å². The van der Waals surface area contributed by atoms with E-state index in [0.717, 1.165) is 21.2 Å². The van der Waals surface area contributed by atoms with Crippen molar-refractivity contribution in [2.24, 2.45) is 0 Å². The Balaban J connectivity index is 1.70. The van der Waals surface area contributed by atoms with Crippen molar-refractivity contribution in [3.05, 3.63) is 75.5 Å². The molecular weight excluding hydrogens is 330 g/mol. The van der Waals surface area contributed by atoms with Crippen LogP contribution in [0.4, 0.5) is 5.13 Å². The van der Waals surface area contributed by atoms with Crippen molar-refractivity contribution < 1.29 is 4.79 Å². The van der Waals surface area contributed by atoms with E-state index in [1.54, 1.807) is 12.3 Å². The smallest absolute Gasteiger partial charge is 0.276 e. The molecule has 0 radical (unpaired) electrons. The third-order valence-corrected chi connectivity index (χ3v) is 4.50. The summed E-state index contributed by atoms with van der Waals surface area (Å²) in [6.07, 6.45) is 2.45. The molecule has 0 aliphatic heterocycles. The molecule has 0 unspecified atom stereocenters. The maximum absolute atomic E-state index is 12.2. The lowest BCUT2D eigenvalue weighted by Crippen LogP contribution is -2.13. The summed E-state index contributed by atoms with van der Waals surface area (Å²) < 4.78 is 0. The van der Waals surface area contributed by atoms with Crippen molar-refractivity contribution >= 4 is 34.0 Å². The molecule has 1 aromatic carbocycles. The summed E-state index contributed by atoms with van der Waals surface area (Å²) in [5.41, 5.74) is 2.22. The number of carbonyl (C=O) groups is 1. The van der Waals surface area contributed by atoms with Gasteiger partial charge in [0.2, 0.25) is 0 Å². The number of anilines is 1. The quantitative estimate of drug-likeness (QED) is 0.766. The van der Waals surface area contributed by atoms with Crippen LogP contribution in [0.2, 0.25) is 5.02 Å². The van der Waals surface area contributed by atoms with Gasteiger partial charge in [0.25, 0.3) is 5.91 Å². The van der Waals surface area contributed by atoms with E-state index >= 15 is 0 Å². The lowest BCUT2D eigenvalue weighted by atomic mass is 10.1. The summed E-state index contributed by atoms with van der Waals surface area (Å²) in [5.74, 6) is -0.257. The van der Waals surface area contributed by atoms with Gasteiger partial charge in [-0.05, 0) is 30.7 Å². The highest BCUT2D eigenvalue weighted by molar-refractivity contribution is 7.15. The van der Waals surface area contributed by atoms with Crippen LogP contribution in [0.1, 0.15) is 26.6 Å². The fourth-order valence-corrected chi connectivity index (χ4v) is 3.14. The van der Waals surface area contributed by atoms with Crippen LogP contribution in [0.25, 0.3) is 0 Å². The monoisotopic (exact) mass is 343 g/mol. The molecule has 1 amide bonds. The van der Waals surface area contributed by atoms with Gasteiger partial charge in [-0.3, -0.25) is 10.1 Å². The van der Waals surface area contributed by atoms with Gasteiger partial charge >= 0.3 is 0 Å². The number of aromatic nitrogens is 2. The molecule has 0 atom stereocenters. The normalized spacial score (nSPS) is 10.5. The first-order chi connectivity index (χ1) is 11.1. The number of nitrogens with one attached hydrogen (secondary N) is 1. The molecule has 0 spiro atoms. The molecular formula is C17H14ClN3OS. The third-order valence-electron chi connectivity index (χ3n) is 3.22. The number of rotatable bonds is 4. The van der Waals surface area contributed by atoms with Crippen LogP contribution in [-0.2, 0) is 6.42 Å². The fourth-order valence-electron chi connectivity index (χ4n) is 2.11. The average Bonchev–Trinajstić information content (AvgIpc) is 2.97. The summed E-state index contributed by atoms with van der Waals surface area (Å²) in [5, 5.41) is 4.07. The van der Waals surface area contributed by atoms with Gasteiger partial charge in [0.05, 0.1) is 0 Å². The Hall–Kier alpha value is -2.24. The van der Waals surface area contributed by atoms with Gasteiger partial charge in [-0.1, -0.05) is 35.9 Å². The van der Waals surface area contributed by atoms with Gasteiger partial charge < -0.3 is 0 Å². The Bertz CT molecular complexity index is 847. The minimum absolute atomic E-state index is 0.257. The van der Waals surface area contributed by atoms with Crippen LogP contribution in [0, 0.1) is 6.92 Å². The SMILES string of the molecule is Cc1cccc(C(=O)Nc2ncc(Cc3ccccc3Cl)s2)n1. The van der Waals surface area contributed by atoms with Crippen molar-refractivity contribution in [1.82, 2.24) is 9.97 Å². The number of aryl methyl sites for hydroxylation is 1. The predicted molar refractivity (Wildman–Crippen MR) is 93.3 cm³/mol. The Morgan fingerprint density at radius 3 is 2.83 bits per heavy atom. The first-order valence-corrected chi connectivity index (χ1v) is 8.24. The van der Waals surface area contributed by atoms with Gasteiger partial charge in [0.15, 0.2) is 5.13 Å². The molecule has 6 heteroatoms. The number of halogens is 1. The van der Waals surface area contributed by atoms with Gasteiger partial charge in [-0.15, -0.1) is 11.3 Å². The lowest BCUT2D eigenvalue weighted by Gasteiger charge is -2.02. The van der Waals surface area contributed by atoms with E-state index in [9.17, 15) is 4.79 Å². The van der Waals surface area contributed by atoms with Gasteiger partial charge in [0, 0.05) is 28.2 Å². The summed E-state index contributed by atoms with van der Waals surface area (Å²) in [4.78, 5) is 21.6. The van der Waals surface area contributed by atoms with E-state index in [4.69, 9.17) is 11.6 Å². The minimum atomic E-state index is -0.257. The van der Waals surface area contributed by atoms with E-state index < -0.39 is 0 Å². The molecule has 2 aromatic heterocycles. The number of thiazole rings is 1. The second-order valence-electron chi connectivity index (χ2n) is 5.02. The number of hydrogen-bond acceptors (Lipinski definition) is 4. The number of hydrogen-bond donors (Lipinski definition) is 1. The average molecular weight is 344 g/mol. The molecule has 1 N–H and O–H groups in total. The Kier molecular flexibility index (Phi) is 4.69. The van der Waals surface area contributed by atoms with Crippen molar-refractivity contribution in [1.29, 1.82) is 0 Å². The second kappa shape index (κ2) is 6.89. The molecule has 4 nitrogen and oxygen atoms in total. The van der Waals surface area contributed by atoms with Crippen molar-refractivity contribution in [3.63, 3.8) is 0 Å². The standard InChI is InChI=1S/C17H14ClN3OS/c1-11-5-4-8-15(20-11)16(22)21-17-19-10-13(23-17)9-12-6-2-3-7-14(12)18/h2-8,10H,9H2,1H3,(H,19,21,22). The summed E-state index contributed by atoms with van der Waals surface area (Å²) in [6, 6.07) is 13.0. The maximum atomic E-state index is 12.2. The Morgan fingerprint density at radius 2 is 2.04 bits per heavy atom. The molecule has 0 bridgehead atoms. The van der Waals surface area contributed by atoms with Crippen molar-refractivity contribution in [3.8, 4) is 0 Å². The number of pyridine rings is 1. The van der Waals surface area contributed by atoms with Gasteiger partial charge in [-0.25, -0.2) is 9.97 Å². The van der Waals surface area contributed by atoms with Crippen LogP contribution in [-0.4, -0.2) is 15.9 Å². The number of benzene rings is 1. The number of carbonyl (C=O) groups excluding carboxylic acids is 1. The molecule has 116 valence electrons. The molecule has 3 aromatic rings.